The number of ether oxygens (including phenoxy) is 2. The second-order valence-electron chi connectivity index (χ2n) is 9.08. The van der Waals surface area contributed by atoms with Crippen molar-refractivity contribution in [3.8, 4) is 11.5 Å². The molecule has 4 nitrogen and oxygen atoms in total. The summed E-state index contributed by atoms with van der Waals surface area (Å²) in [6, 6.07) is 11.3. The molecule has 0 heterocycles. The van der Waals surface area contributed by atoms with Crippen molar-refractivity contribution in [2.45, 2.75) is 59.7 Å². The quantitative estimate of drug-likeness (QED) is 0.461. The van der Waals surface area contributed by atoms with Gasteiger partial charge in [0.1, 0.15) is 22.7 Å². The third kappa shape index (κ3) is 6.67. The minimum absolute atomic E-state index is 0.0717. The number of ketones is 1. The monoisotopic (exact) mass is 395 g/mol. The molecule has 0 unspecified atom stereocenters. The van der Waals surface area contributed by atoms with E-state index < -0.39 is 0 Å². The van der Waals surface area contributed by atoms with Crippen molar-refractivity contribution < 1.29 is 14.3 Å². The van der Waals surface area contributed by atoms with Crippen LogP contribution in [0.2, 0.25) is 0 Å². The zero-order chi connectivity index (χ0) is 21.8. The molecule has 0 aliphatic rings. The van der Waals surface area contributed by atoms with Crippen LogP contribution in [0.1, 0.15) is 63.0 Å². The summed E-state index contributed by atoms with van der Waals surface area (Å²) < 4.78 is 12.4. The Morgan fingerprint density at radius 2 is 1.48 bits per heavy atom. The first-order valence-electron chi connectivity index (χ1n) is 9.91. The summed E-state index contributed by atoms with van der Waals surface area (Å²) >= 11 is 0. The molecule has 2 aromatic rings. The molecule has 2 rings (SSSR count). The molecular weight excluding hydrogens is 362 g/mol. The van der Waals surface area contributed by atoms with E-state index in [1.54, 1.807) is 12.2 Å². The summed E-state index contributed by atoms with van der Waals surface area (Å²) in [4.78, 5) is 12.7. The Hall–Kier alpha value is -2.75. The lowest BCUT2D eigenvalue weighted by Crippen LogP contribution is -2.25. The molecule has 29 heavy (non-hydrogen) atoms. The van der Waals surface area contributed by atoms with E-state index in [1.165, 1.54) is 0 Å². The van der Waals surface area contributed by atoms with Crippen LogP contribution in [0.5, 0.6) is 11.5 Å². The van der Waals surface area contributed by atoms with Crippen LogP contribution in [-0.2, 0) is 0 Å². The lowest BCUT2D eigenvalue weighted by molar-refractivity contribution is 0.104. The highest BCUT2D eigenvalue weighted by atomic mass is 16.5. The first-order valence-corrected chi connectivity index (χ1v) is 9.91. The van der Waals surface area contributed by atoms with E-state index in [0.717, 1.165) is 22.6 Å². The predicted octanol–water partition coefficient (Wildman–Crippen LogP) is 6.29. The van der Waals surface area contributed by atoms with Gasteiger partial charge in [-0.3, -0.25) is 4.79 Å². The largest absolute Gasteiger partial charge is 0.487 e. The normalized spacial score (nSPS) is 12.1. The molecule has 0 aliphatic heterocycles. The van der Waals surface area contributed by atoms with Gasteiger partial charge in [0.15, 0.2) is 5.78 Å². The molecule has 0 fully saturated rings. The van der Waals surface area contributed by atoms with Gasteiger partial charge in [-0.15, -0.1) is 0 Å². The third-order valence-corrected chi connectivity index (χ3v) is 4.04. The lowest BCUT2D eigenvalue weighted by Gasteiger charge is -2.27. The first kappa shape index (κ1) is 22.5. The SMILES string of the molecule is CNc1ccc(C(=O)/C=C/c2c(OC(C)(C)C)ccc(C)c2OC(C)(C)C)cc1. The van der Waals surface area contributed by atoms with Crippen LogP contribution < -0.4 is 14.8 Å². The standard InChI is InChI=1S/C25H33NO3/c1-17-9-16-22(28-24(2,3)4)20(23(17)29-25(5,6)7)14-15-21(27)18-10-12-19(26-8)13-11-18/h9-16,26H,1-8H3/b15-14+. The van der Waals surface area contributed by atoms with Crippen LogP contribution in [0, 0.1) is 6.92 Å². The molecule has 0 saturated heterocycles. The number of hydrogen-bond acceptors (Lipinski definition) is 4. The average Bonchev–Trinajstić information content (AvgIpc) is 2.61. The molecule has 4 heteroatoms. The van der Waals surface area contributed by atoms with Gasteiger partial charge < -0.3 is 14.8 Å². The Bertz CT molecular complexity index is 882. The van der Waals surface area contributed by atoms with E-state index in [9.17, 15) is 4.79 Å². The third-order valence-electron chi connectivity index (χ3n) is 4.04. The van der Waals surface area contributed by atoms with Crippen molar-refractivity contribution in [1.82, 2.24) is 0 Å². The van der Waals surface area contributed by atoms with E-state index >= 15 is 0 Å². The molecule has 0 spiro atoms. The topological polar surface area (TPSA) is 47.6 Å². The van der Waals surface area contributed by atoms with E-state index in [0.29, 0.717) is 11.3 Å². The highest BCUT2D eigenvalue weighted by Gasteiger charge is 2.21. The van der Waals surface area contributed by atoms with Crippen molar-refractivity contribution in [2.75, 3.05) is 12.4 Å². The molecule has 0 aliphatic carbocycles. The van der Waals surface area contributed by atoms with Gasteiger partial charge in [-0.2, -0.15) is 0 Å². The van der Waals surface area contributed by atoms with Gasteiger partial charge in [0, 0.05) is 18.3 Å². The van der Waals surface area contributed by atoms with E-state index in [-0.39, 0.29) is 17.0 Å². The summed E-state index contributed by atoms with van der Waals surface area (Å²) in [5.41, 5.74) is 2.61. The first-order chi connectivity index (χ1) is 13.4. The molecule has 0 saturated carbocycles. The summed E-state index contributed by atoms with van der Waals surface area (Å²) in [7, 11) is 1.85. The highest BCUT2D eigenvalue weighted by molar-refractivity contribution is 6.07. The van der Waals surface area contributed by atoms with Gasteiger partial charge in [-0.1, -0.05) is 6.07 Å². The Labute approximate surface area is 174 Å². The molecular formula is C25H33NO3. The van der Waals surface area contributed by atoms with Crippen LogP contribution >= 0.6 is 0 Å². The van der Waals surface area contributed by atoms with Crippen molar-refractivity contribution in [2.24, 2.45) is 0 Å². The minimum Gasteiger partial charge on any atom is -0.487 e. The average molecular weight is 396 g/mol. The van der Waals surface area contributed by atoms with E-state index in [1.807, 2.05) is 91.9 Å². The van der Waals surface area contributed by atoms with E-state index in [4.69, 9.17) is 9.47 Å². The van der Waals surface area contributed by atoms with Crippen LogP contribution in [0.15, 0.2) is 42.5 Å². The zero-order valence-corrected chi connectivity index (χ0v) is 18.8. The smallest absolute Gasteiger partial charge is 0.185 e. The fourth-order valence-electron chi connectivity index (χ4n) is 2.77. The Morgan fingerprint density at radius 1 is 0.897 bits per heavy atom. The maximum Gasteiger partial charge on any atom is 0.185 e. The molecule has 156 valence electrons. The summed E-state index contributed by atoms with van der Waals surface area (Å²) in [6.45, 7) is 14.0. The van der Waals surface area contributed by atoms with Crippen LogP contribution in [0.3, 0.4) is 0 Å². The van der Waals surface area contributed by atoms with Crippen molar-refractivity contribution in [3.63, 3.8) is 0 Å². The number of rotatable bonds is 6. The van der Waals surface area contributed by atoms with Crippen molar-refractivity contribution in [3.05, 3.63) is 59.2 Å². The predicted molar refractivity (Wildman–Crippen MR) is 121 cm³/mol. The summed E-state index contributed by atoms with van der Waals surface area (Å²) in [5, 5.41) is 3.05. The summed E-state index contributed by atoms with van der Waals surface area (Å²) in [6.07, 6.45) is 3.37. The Balaban J connectivity index is 2.47. The Kier molecular flexibility index (Phi) is 6.78. The molecule has 1 N–H and O–H groups in total. The zero-order valence-electron chi connectivity index (χ0n) is 18.8. The Morgan fingerprint density at radius 3 is 2.00 bits per heavy atom. The number of benzene rings is 2. The molecule has 0 aromatic heterocycles. The number of anilines is 1. The number of carbonyl (C=O) groups is 1. The number of carbonyl (C=O) groups excluding carboxylic acids is 1. The minimum atomic E-state index is -0.374. The van der Waals surface area contributed by atoms with Crippen molar-refractivity contribution in [1.29, 1.82) is 0 Å². The van der Waals surface area contributed by atoms with Gasteiger partial charge in [-0.25, -0.2) is 0 Å². The number of allylic oxidation sites excluding steroid dienone is 1. The van der Waals surface area contributed by atoms with E-state index in [2.05, 4.69) is 5.32 Å². The summed E-state index contributed by atoms with van der Waals surface area (Å²) in [5.74, 6) is 1.35. The number of hydrogen-bond donors (Lipinski definition) is 1. The molecule has 0 bridgehead atoms. The second-order valence-corrected chi connectivity index (χ2v) is 9.08. The van der Waals surface area contributed by atoms with Gasteiger partial charge in [0.25, 0.3) is 0 Å². The fraction of sp³-hybridized carbons (Fsp3) is 0.400. The maximum atomic E-state index is 12.7. The van der Waals surface area contributed by atoms with Gasteiger partial charge in [0.2, 0.25) is 0 Å². The fourth-order valence-corrected chi connectivity index (χ4v) is 2.77. The lowest BCUT2D eigenvalue weighted by atomic mass is 10.0. The molecule has 0 atom stereocenters. The van der Waals surface area contributed by atoms with Crippen LogP contribution in [0.4, 0.5) is 5.69 Å². The van der Waals surface area contributed by atoms with Gasteiger partial charge in [0.05, 0.1) is 5.56 Å². The van der Waals surface area contributed by atoms with Crippen LogP contribution in [0.25, 0.3) is 6.08 Å². The number of nitrogens with one attached hydrogen (secondary N) is 1. The van der Waals surface area contributed by atoms with Gasteiger partial charge >= 0.3 is 0 Å². The highest BCUT2D eigenvalue weighted by Crippen LogP contribution is 2.37. The number of aryl methyl sites for hydroxylation is 1. The van der Waals surface area contributed by atoms with Crippen molar-refractivity contribution >= 4 is 17.5 Å². The molecule has 2 aromatic carbocycles. The van der Waals surface area contributed by atoms with Gasteiger partial charge in [-0.05, 0) is 96.5 Å². The molecule has 0 amide bonds. The van der Waals surface area contributed by atoms with Crippen LogP contribution in [-0.4, -0.2) is 24.0 Å². The molecule has 0 radical (unpaired) electrons. The maximum absolute atomic E-state index is 12.7. The second kappa shape index (κ2) is 8.73.